The number of carbonyl (C=O) groups excluding carboxylic acids is 3. The van der Waals surface area contributed by atoms with Gasteiger partial charge in [-0.3, -0.25) is 19.3 Å². The number of amides is 3. The fourth-order valence-electron chi connectivity index (χ4n) is 5.29. The number of rotatable bonds is 8. The Labute approximate surface area is 223 Å². The maximum atomic E-state index is 14.7. The number of benzene rings is 4. The molecule has 0 spiro atoms. The summed E-state index contributed by atoms with van der Waals surface area (Å²) in [6.45, 7) is 3.99. The molecule has 3 atom stereocenters. The highest BCUT2D eigenvalue weighted by atomic mass is 16.2. The third-order valence-corrected chi connectivity index (χ3v) is 7.35. The van der Waals surface area contributed by atoms with Gasteiger partial charge in [0.05, 0.1) is 23.2 Å². The van der Waals surface area contributed by atoms with Gasteiger partial charge in [-0.25, -0.2) is 0 Å². The molecule has 38 heavy (non-hydrogen) atoms. The van der Waals surface area contributed by atoms with Crippen LogP contribution in [-0.2, 0) is 11.2 Å². The van der Waals surface area contributed by atoms with Crippen molar-refractivity contribution in [3.8, 4) is 0 Å². The van der Waals surface area contributed by atoms with Crippen LogP contribution in [-0.4, -0.2) is 33.6 Å². The average molecular weight is 503 g/mol. The third-order valence-electron chi connectivity index (χ3n) is 7.35. The molecule has 5 nitrogen and oxygen atoms in total. The summed E-state index contributed by atoms with van der Waals surface area (Å²) in [4.78, 5) is 44.8. The molecule has 0 saturated carbocycles. The normalized spacial score (nSPS) is 15.1. The van der Waals surface area contributed by atoms with E-state index in [1.54, 1.807) is 24.3 Å². The molecule has 0 saturated heterocycles. The van der Waals surface area contributed by atoms with E-state index in [1.165, 1.54) is 4.90 Å². The van der Waals surface area contributed by atoms with Gasteiger partial charge in [-0.05, 0) is 42.7 Å². The quantitative estimate of drug-likeness (QED) is 0.268. The lowest BCUT2D eigenvalue weighted by Crippen LogP contribution is -2.53. The van der Waals surface area contributed by atoms with Gasteiger partial charge in [0.1, 0.15) is 6.04 Å². The zero-order valence-electron chi connectivity index (χ0n) is 21.5. The monoisotopic (exact) mass is 502 g/mol. The van der Waals surface area contributed by atoms with Crippen LogP contribution in [0.1, 0.15) is 63.3 Å². The predicted molar refractivity (Wildman–Crippen MR) is 147 cm³/mol. The number of hydrogen-bond donors (Lipinski definition) is 0. The summed E-state index contributed by atoms with van der Waals surface area (Å²) >= 11 is 0. The first kappa shape index (κ1) is 25.2. The Bertz CT molecular complexity index is 1360. The Hall–Kier alpha value is -4.51. The zero-order chi connectivity index (χ0) is 26.6. The molecule has 4 aromatic carbocycles. The summed E-state index contributed by atoms with van der Waals surface area (Å²) in [6, 6.07) is 34.4. The van der Waals surface area contributed by atoms with Gasteiger partial charge in [-0.1, -0.05) is 103 Å². The van der Waals surface area contributed by atoms with Gasteiger partial charge in [-0.2, -0.15) is 0 Å². The van der Waals surface area contributed by atoms with E-state index < -0.39 is 17.9 Å². The highest BCUT2D eigenvalue weighted by Gasteiger charge is 2.45. The second-order valence-electron chi connectivity index (χ2n) is 9.65. The van der Waals surface area contributed by atoms with Crippen LogP contribution in [0, 0.1) is 0 Å². The van der Waals surface area contributed by atoms with Gasteiger partial charge < -0.3 is 4.90 Å². The molecule has 4 aromatic rings. The Morgan fingerprint density at radius 2 is 1.03 bits per heavy atom. The van der Waals surface area contributed by atoms with E-state index in [4.69, 9.17) is 0 Å². The van der Waals surface area contributed by atoms with Crippen molar-refractivity contribution in [2.75, 3.05) is 0 Å². The van der Waals surface area contributed by atoms with E-state index in [0.717, 1.165) is 16.7 Å². The Morgan fingerprint density at radius 1 is 0.632 bits per heavy atom. The SMILES string of the molecule is C[C@@H](c1ccccc1)N(C(=O)[C@H](Cc1ccccc1)N1C(=O)c2ccccc2C1=O)[C@@H](C)c1ccccc1. The highest BCUT2D eigenvalue weighted by molar-refractivity contribution is 6.22. The topological polar surface area (TPSA) is 57.7 Å². The van der Waals surface area contributed by atoms with Gasteiger partial charge in [0.15, 0.2) is 0 Å². The van der Waals surface area contributed by atoms with E-state index in [1.807, 2.05) is 110 Å². The summed E-state index contributed by atoms with van der Waals surface area (Å²) in [5.41, 5.74) is 3.50. The van der Waals surface area contributed by atoms with Crippen molar-refractivity contribution in [2.45, 2.75) is 38.4 Å². The summed E-state index contributed by atoms with van der Waals surface area (Å²) < 4.78 is 0. The second kappa shape index (κ2) is 10.9. The minimum Gasteiger partial charge on any atom is -0.327 e. The van der Waals surface area contributed by atoms with Crippen molar-refractivity contribution in [3.05, 3.63) is 143 Å². The molecule has 0 aliphatic carbocycles. The molecular formula is C33H30N2O3. The van der Waals surface area contributed by atoms with Gasteiger partial charge in [0.2, 0.25) is 5.91 Å². The van der Waals surface area contributed by atoms with Crippen LogP contribution in [0.2, 0.25) is 0 Å². The summed E-state index contributed by atoms with van der Waals surface area (Å²) in [7, 11) is 0. The van der Waals surface area contributed by atoms with E-state index in [-0.39, 0.29) is 24.4 Å². The molecular weight excluding hydrogens is 472 g/mol. The Kier molecular flexibility index (Phi) is 7.18. The van der Waals surface area contributed by atoms with Crippen LogP contribution >= 0.6 is 0 Å². The summed E-state index contributed by atoms with van der Waals surface area (Å²) in [5.74, 6) is -1.13. The molecule has 0 fully saturated rings. The van der Waals surface area contributed by atoms with Gasteiger partial charge in [-0.15, -0.1) is 0 Å². The van der Waals surface area contributed by atoms with Crippen LogP contribution in [0.15, 0.2) is 115 Å². The first-order chi connectivity index (χ1) is 18.5. The maximum Gasteiger partial charge on any atom is 0.262 e. The molecule has 1 heterocycles. The lowest BCUT2D eigenvalue weighted by Gasteiger charge is -2.39. The van der Waals surface area contributed by atoms with Crippen molar-refractivity contribution < 1.29 is 14.4 Å². The third kappa shape index (κ3) is 4.75. The van der Waals surface area contributed by atoms with E-state index >= 15 is 0 Å². The Balaban J connectivity index is 1.60. The number of hydrogen-bond acceptors (Lipinski definition) is 3. The minimum atomic E-state index is -0.998. The van der Waals surface area contributed by atoms with E-state index in [0.29, 0.717) is 11.1 Å². The van der Waals surface area contributed by atoms with Crippen molar-refractivity contribution in [3.63, 3.8) is 0 Å². The molecule has 3 amide bonds. The molecule has 1 aliphatic rings. The molecule has 5 rings (SSSR count). The van der Waals surface area contributed by atoms with Gasteiger partial charge in [0, 0.05) is 6.42 Å². The zero-order valence-corrected chi connectivity index (χ0v) is 21.5. The summed E-state index contributed by atoms with van der Waals surface area (Å²) in [5, 5.41) is 0. The molecule has 5 heteroatoms. The Morgan fingerprint density at radius 3 is 1.47 bits per heavy atom. The lowest BCUT2D eigenvalue weighted by molar-refractivity contribution is -0.140. The molecule has 0 bridgehead atoms. The molecule has 0 unspecified atom stereocenters. The predicted octanol–water partition coefficient (Wildman–Crippen LogP) is 6.24. The molecule has 1 aliphatic heterocycles. The fraction of sp³-hybridized carbons (Fsp3) is 0.182. The molecule has 0 radical (unpaired) electrons. The molecule has 0 N–H and O–H groups in total. The lowest BCUT2D eigenvalue weighted by atomic mass is 9.97. The molecule has 190 valence electrons. The highest BCUT2D eigenvalue weighted by Crippen LogP contribution is 2.34. The summed E-state index contributed by atoms with van der Waals surface area (Å²) in [6.07, 6.45) is 0.227. The first-order valence-corrected chi connectivity index (χ1v) is 12.9. The second-order valence-corrected chi connectivity index (χ2v) is 9.65. The van der Waals surface area contributed by atoms with Crippen LogP contribution in [0.5, 0.6) is 0 Å². The average Bonchev–Trinajstić information content (AvgIpc) is 3.22. The number of imide groups is 1. The number of nitrogens with zero attached hydrogens (tertiary/aromatic N) is 2. The fourth-order valence-corrected chi connectivity index (χ4v) is 5.29. The van der Waals surface area contributed by atoms with Crippen LogP contribution in [0.3, 0.4) is 0 Å². The molecule has 0 aromatic heterocycles. The van der Waals surface area contributed by atoms with E-state index in [2.05, 4.69) is 0 Å². The maximum absolute atomic E-state index is 14.7. The van der Waals surface area contributed by atoms with Crippen LogP contribution in [0.25, 0.3) is 0 Å². The standard InChI is InChI=1S/C33H30N2O3/c1-23(26-16-8-4-9-17-26)34(24(2)27-18-10-5-11-19-27)33(38)30(22-25-14-6-3-7-15-25)35-31(36)28-20-12-13-21-29(28)32(35)37/h3-21,23-24,30H,22H2,1-2H3/t23-,24-,30-/m0/s1. The van der Waals surface area contributed by atoms with Crippen molar-refractivity contribution in [2.24, 2.45) is 0 Å². The first-order valence-electron chi connectivity index (χ1n) is 12.9. The number of carbonyl (C=O) groups is 3. The minimum absolute atomic E-state index is 0.227. The van der Waals surface area contributed by atoms with Crippen LogP contribution < -0.4 is 0 Å². The van der Waals surface area contributed by atoms with E-state index in [9.17, 15) is 14.4 Å². The van der Waals surface area contributed by atoms with Crippen LogP contribution in [0.4, 0.5) is 0 Å². The van der Waals surface area contributed by atoms with Gasteiger partial charge >= 0.3 is 0 Å². The largest absolute Gasteiger partial charge is 0.327 e. The van der Waals surface area contributed by atoms with Crippen molar-refractivity contribution >= 4 is 17.7 Å². The van der Waals surface area contributed by atoms with Crippen molar-refractivity contribution in [1.29, 1.82) is 0 Å². The van der Waals surface area contributed by atoms with Crippen molar-refractivity contribution in [1.82, 2.24) is 9.80 Å². The van der Waals surface area contributed by atoms with Gasteiger partial charge in [0.25, 0.3) is 11.8 Å². The smallest absolute Gasteiger partial charge is 0.262 e. The number of fused-ring (bicyclic) bond motifs is 1.